The molecule has 0 aromatic heterocycles. The van der Waals surface area contributed by atoms with E-state index in [9.17, 15) is 0 Å². The van der Waals surface area contributed by atoms with Crippen molar-refractivity contribution in [3.8, 4) is 0 Å². The molecular formula is C13H29N. The normalized spacial score (nSPS) is 14.8. The number of nitrogens with one attached hydrogen (secondary N) is 1. The van der Waals surface area contributed by atoms with E-state index in [-0.39, 0.29) is 0 Å². The van der Waals surface area contributed by atoms with Crippen LogP contribution in [0.3, 0.4) is 0 Å². The Labute approximate surface area is 90.7 Å². The Morgan fingerprint density at radius 3 is 2.00 bits per heavy atom. The first-order valence-electron chi connectivity index (χ1n) is 6.04. The topological polar surface area (TPSA) is 12.0 Å². The molecule has 0 fully saturated rings. The molecule has 0 heterocycles. The molecule has 0 bridgehead atoms. The number of hydrogen-bond acceptors (Lipinski definition) is 1. The van der Waals surface area contributed by atoms with Crippen LogP contribution in [0.2, 0.25) is 0 Å². The molecule has 0 amide bonds. The maximum atomic E-state index is 3.60. The molecule has 0 aliphatic carbocycles. The lowest BCUT2D eigenvalue weighted by molar-refractivity contribution is 0.344. The molecule has 1 N–H and O–H groups in total. The van der Waals surface area contributed by atoms with Crippen LogP contribution in [0.5, 0.6) is 0 Å². The minimum Gasteiger partial charge on any atom is -0.314 e. The van der Waals surface area contributed by atoms with Crippen molar-refractivity contribution in [2.75, 3.05) is 6.54 Å². The molecule has 0 saturated heterocycles. The fraction of sp³-hybridized carbons (Fsp3) is 1.00. The highest BCUT2D eigenvalue weighted by molar-refractivity contribution is 4.69. The average molecular weight is 199 g/mol. The smallest absolute Gasteiger partial charge is 0.00389 e. The van der Waals surface area contributed by atoms with E-state index in [1.807, 2.05) is 0 Å². The highest BCUT2D eigenvalue weighted by atomic mass is 14.9. The molecular weight excluding hydrogens is 170 g/mol. The van der Waals surface area contributed by atoms with Crippen LogP contribution < -0.4 is 5.32 Å². The van der Waals surface area contributed by atoms with Crippen molar-refractivity contribution in [1.29, 1.82) is 0 Å². The molecule has 0 rings (SSSR count). The minimum atomic E-state index is 0.409. The summed E-state index contributed by atoms with van der Waals surface area (Å²) < 4.78 is 0. The zero-order valence-corrected chi connectivity index (χ0v) is 11.0. The maximum absolute atomic E-state index is 3.60. The molecule has 0 aliphatic rings. The first kappa shape index (κ1) is 14.0. The molecule has 1 unspecified atom stereocenters. The van der Waals surface area contributed by atoms with E-state index < -0.39 is 0 Å². The van der Waals surface area contributed by atoms with Crippen molar-refractivity contribution in [3.05, 3.63) is 0 Å². The summed E-state index contributed by atoms with van der Waals surface area (Å²) in [4.78, 5) is 0. The number of hydrogen-bond donors (Lipinski definition) is 1. The molecule has 1 atom stereocenters. The molecule has 86 valence electrons. The zero-order chi connectivity index (χ0) is 11.2. The molecule has 0 spiro atoms. The summed E-state index contributed by atoms with van der Waals surface area (Å²) in [5, 5.41) is 3.60. The third-order valence-corrected chi connectivity index (χ3v) is 2.40. The fourth-order valence-electron chi connectivity index (χ4n) is 1.41. The Bertz CT molecular complexity index is 133. The SMILES string of the molecule is CC(C)CCCC(C)NCC(C)(C)C. The second kappa shape index (κ2) is 6.44. The molecule has 0 radical (unpaired) electrons. The van der Waals surface area contributed by atoms with Crippen molar-refractivity contribution in [2.24, 2.45) is 11.3 Å². The van der Waals surface area contributed by atoms with Gasteiger partial charge < -0.3 is 5.32 Å². The quantitative estimate of drug-likeness (QED) is 0.685. The fourth-order valence-corrected chi connectivity index (χ4v) is 1.41. The standard InChI is InChI=1S/C13H29N/c1-11(2)8-7-9-12(3)14-10-13(4,5)6/h11-12,14H,7-10H2,1-6H3. The summed E-state index contributed by atoms with van der Waals surface area (Å²) in [5.74, 6) is 0.852. The van der Waals surface area contributed by atoms with Gasteiger partial charge in [0, 0.05) is 12.6 Å². The predicted molar refractivity (Wildman–Crippen MR) is 65.6 cm³/mol. The zero-order valence-electron chi connectivity index (χ0n) is 11.0. The van der Waals surface area contributed by atoms with E-state index in [0.29, 0.717) is 11.5 Å². The molecule has 1 heteroatoms. The van der Waals surface area contributed by atoms with E-state index in [1.165, 1.54) is 19.3 Å². The summed E-state index contributed by atoms with van der Waals surface area (Å²) in [6.45, 7) is 14.9. The second-order valence-corrected chi connectivity index (χ2v) is 6.17. The summed E-state index contributed by atoms with van der Waals surface area (Å²) in [7, 11) is 0. The van der Waals surface area contributed by atoms with Gasteiger partial charge in [-0.25, -0.2) is 0 Å². The van der Waals surface area contributed by atoms with Crippen LogP contribution >= 0.6 is 0 Å². The van der Waals surface area contributed by atoms with Gasteiger partial charge in [0.1, 0.15) is 0 Å². The lowest BCUT2D eigenvalue weighted by Crippen LogP contribution is -2.33. The Kier molecular flexibility index (Phi) is 6.43. The first-order chi connectivity index (χ1) is 6.31. The second-order valence-electron chi connectivity index (χ2n) is 6.17. The predicted octanol–water partition coefficient (Wildman–Crippen LogP) is 3.84. The van der Waals surface area contributed by atoms with E-state index >= 15 is 0 Å². The summed E-state index contributed by atoms with van der Waals surface area (Å²) in [6, 6.07) is 0.674. The van der Waals surface area contributed by atoms with Gasteiger partial charge in [-0.2, -0.15) is 0 Å². The molecule has 1 nitrogen and oxygen atoms in total. The van der Waals surface area contributed by atoms with Gasteiger partial charge in [-0.05, 0) is 24.7 Å². The van der Waals surface area contributed by atoms with Gasteiger partial charge in [-0.1, -0.05) is 47.5 Å². The Morgan fingerprint density at radius 1 is 1.00 bits per heavy atom. The lowest BCUT2D eigenvalue weighted by Gasteiger charge is -2.22. The molecule has 0 aliphatic heterocycles. The summed E-state index contributed by atoms with van der Waals surface area (Å²) >= 11 is 0. The van der Waals surface area contributed by atoms with Crippen LogP contribution in [0.4, 0.5) is 0 Å². The molecule has 0 aromatic rings. The summed E-state index contributed by atoms with van der Waals surface area (Å²) in [6.07, 6.45) is 4.03. The third-order valence-electron chi connectivity index (χ3n) is 2.40. The van der Waals surface area contributed by atoms with Gasteiger partial charge in [-0.3, -0.25) is 0 Å². The van der Waals surface area contributed by atoms with Gasteiger partial charge >= 0.3 is 0 Å². The minimum absolute atomic E-state index is 0.409. The van der Waals surface area contributed by atoms with Crippen LogP contribution in [0.15, 0.2) is 0 Å². The van der Waals surface area contributed by atoms with Gasteiger partial charge in [0.05, 0.1) is 0 Å². The van der Waals surface area contributed by atoms with Crippen molar-refractivity contribution in [3.63, 3.8) is 0 Å². The highest BCUT2D eigenvalue weighted by Gasteiger charge is 2.11. The lowest BCUT2D eigenvalue weighted by atomic mass is 9.96. The van der Waals surface area contributed by atoms with Crippen LogP contribution in [0.25, 0.3) is 0 Å². The van der Waals surface area contributed by atoms with Crippen LogP contribution in [-0.2, 0) is 0 Å². The molecule has 14 heavy (non-hydrogen) atoms. The van der Waals surface area contributed by atoms with Crippen molar-refractivity contribution < 1.29 is 0 Å². The van der Waals surface area contributed by atoms with E-state index in [1.54, 1.807) is 0 Å². The average Bonchev–Trinajstić information content (AvgIpc) is 1.99. The van der Waals surface area contributed by atoms with Gasteiger partial charge in [-0.15, -0.1) is 0 Å². The third kappa shape index (κ3) is 10.0. The molecule has 0 aromatic carbocycles. The van der Waals surface area contributed by atoms with Gasteiger partial charge in [0.2, 0.25) is 0 Å². The monoisotopic (exact) mass is 199 g/mol. The van der Waals surface area contributed by atoms with Crippen LogP contribution in [-0.4, -0.2) is 12.6 Å². The van der Waals surface area contributed by atoms with E-state index in [2.05, 4.69) is 46.9 Å². The van der Waals surface area contributed by atoms with E-state index in [0.717, 1.165) is 12.5 Å². The van der Waals surface area contributed by atoms with Crippen molar-refractivity contribution in [1.82, 2.24) is 5.32 Å². The highest BCUT2D eigenvalue weighted by Crippen LogP contribution is 2.12. The maximum Gasteiger partial charge on any atom is 0.00389 e. The largest absolute Gasteiger partial charge is 0.314 e. The Hall–Kier alpha value is -0.0400. The van der Waals surface area contributed by atoms with Crippen molar-refractivity contribution >= 4 is 0 Å². The first-order valence-corrected chi connectivity index (χ1v) is 6.04. The summed E-state index contributed by atoms with van der Waals surface area (Å²) in [5.41, 5.74) is 0.409. The molecule has 0 saturated carbocycles. The van der Waals surface area contributed by atoms with Crippen LogP contribution in [0.1, 0.15) is 60.8 Å². The van der Waals surface area contributed by atoms with Gasteiger partial charge in [0.25, 0.3) is 0 Å². The Balaban J connectivity index is 3.42. The Morgan fingerprint density at radius 2 is 1.57 bits per heavy atom. The van der Waals surface area contributed by atoms with E-state index in [4.69, 9.17) is 0 Å². The van der Waals surface area contributed by atoms with Gasteiger partial charge in [0.15, 0.2) is 0 Å². The van der Waals surface area contributed by atoms with Crippen molar-refractivity contribution in [2.45, 2.75) is 66.8 Å². The van der Waals surface area contributed by atoms with Crippen LogP contribution in [0, 0.1) is 11.3 Å². The number of rotatable bonds is 6.